The van der Waals surface area contributed by atoms with Crippen LogP contribution in [0.5, 0.6) is 0 Å². The second-order valence-electron chi connectivity index (χ2n) is 5.63. The van der Waals surface area contributed by atoms with E-state index in [0.717, 1.165) is 18.8 Å². The number of hydrogen-bond donors (Lipinski definition) is 0. The van der Waals surface area contributed by atoms with E-state index < -0.39 is 0 Å². The van der Waals surface area contributed by atoms with Gasteiger partial charge in [-0.05, 0) is 32.1 Å². The summed E-state index contributed by atoms with van der Waals surface area (Å²) in [6.45, 7) is 4.80. The molecule has 0 spiro atoms. The smallest absolute Gasteiger partial charge is 0.193 e. The van der Waals surface area contributed by atoms with Crippen molar-refractivity contribution in [3.8, 4) is 0 Å². The third kappa shape index (κ3) is 2.65. The molecule has 0 aromatic carbocycles. The minimum absolute atomic E-state index is 0.217. The number of likely N-dealkylation sites (tertiary alicyclic amines) is 1. The summed E-state index contributed by atoms with van der Waals surface area (Å²) < 4.78 is 1.89. The standard InChI is InChI=1S/C14H23N3O/c1-11-8-17(9-13(11)15(2)3)10-14(18)12-6-5-7-16(12)4/h5-7,11,13H,8-10H2,1-4H3. The first-order chi connectivity index (χ1) is 8.49. The Morgan fingerprint density at radius 2 is 2.17 bits per heavy atom. The fraction of sp³-hybridized carbons (Fsp3) is 0.643. The van der Waals surface area contributed by atoms with Gasteiger partial charge in [-0.25, -0.2) is 0 Å². The van der Waals surface area contributed by atoms with E-state index in [1.54, 1.807) is 0 Å². The van der Waals surface area contributed by atoms with Gasteiger partial charge >= 0.3 is 0 Å². The molecule has 0 amide bonds. The van der Waals surface area contributed by atoms with Gasteiger partial charge in [0.15, 0.2) is 5.78 Å². The Labute approximate surface area is 109 Å². The Bertz CT molecular complexity index is 424. The van der Waals surface area contributed by atoms with Gasteiger partial charge in [-0.2, -0.15) is 0 Å². The number of Topliss-reactive ketones (excluding diaryl/α,β-unsaturated/α-hetero) is 1. The molecular weight excluding hydrogens is 226 g/mol. The number of carbonyl (C=O) groups excluding carboxylic acids is 1. The number of hydrogen-bond acceptors (Lipinski definition) is 3. The van der Waals surface area contributed by atoms with Crippen molar-refractivity contribution in [2.45, 2.75) is 13.0 Å². The molecule has 0 saturated carbocycles. The highest BCUT2D eigenvalue weighted by molar-refractivity contribution is 5.96. The molecule has 1 aromatic rings. The van der Waals surface area contributed by atoms with Crippen molar-refractivity contribution in [1.29, 1.82) is 0 Å². The van der Waals surface area contributed by atoms with Crippen LogP contribution < -0.4 is 0 Å². The van der Waals surface area contributed by atoms with Gasteiger partial charge < -0.3 is 9.47 Å². The summed E-state index contributed by atoms with van der Waals surface area (Å²) in [6.07, 6.45) is 1.92. The molecule has 2 atom stereocenters. The molecule has 0 N–H and O–H groups in total. The average Bonchev–Trinajstić information content (AvgIpc) is 2.84. The van der Waals surface area contributed by atoms with Crippen molar-refractivity contribution in [2.24, 2.45) is 13.0 Å². The Hall–Kier alpha value is -1.13. The van der Waals surface area contributed by atoms with E-state index in [9.17, 15) is 4.79 Å². The highest BCUT2D eigenvalue weighted by Crippen LogP contribution is 2.20. The summed E-state index contributed by atoms with van der Waals surface area (Å²) in [5.74, 6) is 0.843. The molecule has 2 rings (SSSR count). The fourth-order valence-electron chi connectivity index (χ4n) is 2.88. The van der Waals surface area contributed by atoms with E-state index in [1.807, 2.05) is 29.9 Å². The molecule has 1 saturated heterocycles. The van der Waals surface area contributed by atoms with Gasteiger partial charge in [0.1, 0.15) is 0 Å². The minimum Gasteiger partial charge on any atom is -0.348 e. The highest BCUT2D eigenvalue weighted by Gasteiger charge is 2.32. The molecule has 1 fully saturated rings. The van der Waals surface area contributed by atoms with Crippen molar-refractivity contribution in [2.75, 3.05) is 33.7 Å². The molecule has 0 aliphatic carbocycles. The molecule has 2 heterocycles. The van der Waals surface area contributed by atoms with E-state index in [0.29, 0.717) is 18.5 Å². The van der Waals surface area contributed by atoms with E-state index >= 15 is 0 Å². The zero-order valence-electron chi connectivity index (χ0n) is 11.8. The number of aromatic nitrogens is 1. The van der Waals surface area contributed by atoms with Crippen LogP contribution in [0.3, 0.4) is 0 Å². The van der Waals surface area contributed by atoms with Gasteiger partial charge in [-0.3, -0.25) is 9.69 Å². The van der Waals surface area contributed by atoms with Crippen LogP contribution in [0, 0.1) is 5.92 Å². The molecule has 1 aliphatic heterocycles. The number of aryl methyl sites for hydroxylation is 1. The van der Waals surface area contributed by atoms with Gasteiger partial charge in [0.25, 0.3) is 0 Å². The molecule has 18 heavy (non-hydrogen) atoms. The third-order valence-electron chi connectivity index (χ3n) is 3.91. The van der Waals surface area contributed by atoms with Crippen LogP contribution in [-0.4, -0.2) is 59.9 Å². The molecule has 4 nitrogen and oxygen atoms in total. The van der Waals surface area contributed by atoms with Gasteiger partial charge in [-0.15, -0.1) is 0 Å². The van der Waals surface area contributed by atoms with Crippen LogP contribution in [0.1, 0.15) is 17.4 Å². The van der Waals surface area contributed by atoms with Crippen LogP contribution in [0.4, 0.5) is 0 Å². The first-order valence-corrected chi connectivity index (χ1v) is 6.52. The molecule has 1 aliphatic rings. The molecular formula is C14H23N3O. The number of nitrogens with zero attached hydrogens (tertiary/aromatic N) is 3. The van der Waals surface area contributed by atoms with Crippen LogP contribution >= 0.6 is 0 Å². The van der Waals surface area contributed by atoms with E-state index in [2.05, 4.69) is 30.8 Å². The van der Waals surface area contributed by atoms with Crippen molar-refractivity contribution >= 4 is 5.78 Å². The third-order valence-corrected chi connectivity index (χ3v) is 3.91. The minimum atomic E-state index is 0.217. The number of likely N-dealkylation sites (N-methyl/N-ethyl adjacent to an activating group) is 1. The maximum Gasteiger partial charge on any atom is 0.193 e. The zero-order chi connectivity index (χ0) is 13.3. The molecule has 100 valence electrons. The maximum atomic E-state index is 12.2. The molecule has 4 heteroatoms. The SMILES string of the molecule is CC1CN(CC(=O)c2cccn2C)CC1N(C)C. The first kappa shape index (κ1) is 13.3. The topological polar surface area (TPSA) is 28.5 Å². The molecule has 0 radical (unpaired) electrons. The monoisotopic (exact) mass is 249 g/mol. The normalized spacial score (nSPS) is 24.9. The summed E-state index contributed by atoms with van der Waals surface area (Å²) in [5, 5.41) is 0. The highest BCUT2D eigenvalue weighted by atomic mass is 16.1. The first-order valence-electron chi connectivity index (χ1n) is 6.52. The maximum absolute atomic E-state index is 12.2. The van der Waals surface area contributed by atoms with Crippen molar-refractivity contribution in [1.82, 2.24) is 14.4 Å². The average molecular weight is 249 g/mol. The lowest BCUT2D eigenvalue weighted by atomic mass is 10.1. The van der Waals surface area contributed by atoms with Gasteiger partial charge in [0.05, 0.1) is 12.2 Å². The summed E-state index contributed by atoms with van der Waals surface area (Å²) in [4.78, 5) is 16.7. The Morgan fingerprint density at radius 1 is 1.44 bits per heavy atom. The van der Waals surface area contributed by atoms with E-state index in [1.165, 1.54) is 0 Å². The van der Waals surface area contributed by atoms with E-state index in [4.69, 9.17) is 0 Å². The fourth-order valence-corrected chi connectivity index (χ4v) is 2.88. The van der Waals surface area contributed by atoms with Crippen LogP contribution in [0.15, 0.2) is 18.3 Å². The van der Waals surface area contributed by atoms with Crippen LogP contribution in [-0.2, 0) is 7.05 Å². The predicted octanol–water partition coefficient (Wildman–Crippen LogP) is 1.09. The lowest BCUT2D eigenvalue weighted by Gasteiger charge is -2.22. The zero-order valence-corrected chi connectivity index (χ0v) is 11.8. The second kappa shape index (κ2) is 5.24. The number of carbonyl (C=O) groups is 1. The Kier molecular flexibility index (Phi) is 3.88. The van der Waals surface area contributed by atoms with Crippen molar-refractivity contribution in [3.05, 3.63) is 24.0 Å². The predicted molar refractivity (Wildman–Crippen MR) is 72.8 cm³/mol. The molecule has 2 unspecified atom stereocenters. The summed E-state index contributed by atoms with van der Waals surface area (Å²) in [5.41, 5.74) is 0.802. The van der Waals surface area contributed by atoms with Crippen molar-refractivity contribution in [3.63, 3.8) is 0 Å². The van der Waals surface area contributed by atoms with Crippen LogP contribution in [0.25, 0.3) is 0 Å². The lowest BCUT2D eigenvalue weighted by Crippen LogP contribution is -2.35. The molecule has 1 aromatic heterocycles. The van der Waals surface area contributed by atoms with Gasteiger partial charge in [-0.1, -0.05) is 6.92 Å². The second-order valence-corrected chi connectivity index (χ2v) is 5.63. The summed E-state index contributed by atoms with van der Waals surface area (Å²) in [7, 11) is 6.15. The molecule has 0 bridgehead atoms. The lowest BCUT2D eigenvalue weighted by molar-refractivity contribution is 0.0933. The quantitative estimate of drug-likeness (QED) is 0.748. The summed E-state index contributed by atoms with van der Waals surface area (Å²) >= 11 is 0. The van der Waals surface area contributed by atoms with Crippen molar-refractivity contribution < 1.29 is 4.79 Å². The Balaban J connectivity index is 1.96. The van der Waals surface area contributed by atoms with Crippen LogP contribution in [0.2, 0.25) is 0 Å². The summed E-state index contributed by atoms with van der Waals surface area (Å²) in [6, 6.07) is 4.37. The van der Waals surface area contributed by atoms with Gasteiger partial charge in [0, 0.05) is 32.4 Å². The number of ketones is 1. The number of rotatable bonds is 4. The van der Waals surface area contributed by atoms with Gasteiger partial charge in [0.2, 0.25) is 0 Å². The van der Waals surface area contributed by atoms with E-state index in [-0.39, 0.29) is 5.78 Å². The largest absolute Gasteiger partial charge is 0.348 e. The Morgan fingerprint density at radius 3 is 2.67 bits per heavy atom.